The highest BCUT2D eigenvalue weighted by molar-refractivity contribution is 7.92. The smallest absolute Gasteiger partial charge is 0.248 e. The van der Waals surface area contributed by atoms with Gasteiger partial charge in [0.15, 0.2) is 0 Å². The summed E-state index contributed by atoms with van der Waals surface area (Å²) in [6.07, 6.45) is 1.27. The molecular weight excluding hydrogens is 411 g/mol. The molecule has 1 amide bonds. The van der Waals surface area contributed by atoms with Gasteiger partial charge in [-0.05, 0) is 36.8 Å². The standard InChI is InChI=1S/C18H20Cl2N2O4S/c1-4-17(18(23)21-14-6-5-7-16(11-14)26-2)22(27(3,24)25)15-9-12(19)8-13(20)10-15/h5-11,17H,4H2,1-3H3,(H,21,23)/t17-/m1/s1. The van der Waals surface area contributed by atoms with Crippen LogP contribution in [0.2, 0.25) is 10.0 Å². The highest BCUT2D eigenvalue weighted by atomic mass is 35.5. The van der Waals surface area contributed by atoms with Crippen molar-refractivity contribution in [2.24, 2.45) is 0 Å². The minimum Gasteiger partial charge on any atom is -0.497 e. The zero-order valence-electron chi connectivity index (χ0n) is 15.1. The Morgan fingerprint density at radius 2 is 1.81 bits per heavy atom. The molecule has 0 aromatic heterocycles. The SMILES string of the molecule is CC[C@H](C(=O)Nc1cccc(OC)c1)N(c1cc(Cl)cc(Cl)c1)S(C)(=O)=O. The van der Waals surface area contributed by atoms with Crippen molar-refractivity contribution in [3.05, 3.63) is 52.5 Å². The van der Waals surface area contributed by atoms with Crippen LogP contribution in [0.1, 0.15) is 13.3 Å². The van der Waals surface area contributed by atoms with E-state index in [1.54, 1.807) is 31.2 Å². The van der Waals surface area contributed by atoms with Crippen LogP contribution in [0, 0.1) is 0 Å². The van der Waals surface area contributed by atoms with E-state index in [1.807, 2.05) is 0 Å². The molecule has 0 unspecified atom stereocenters. The van der Waals surface area contributed by atoms with Gasteiger partial charge in [0.05, 0.1) is 19.1 Å². The summed E-state index contributed by atoms with van der Waals surface area (Å²) in [4.78, 5) is 12.9. The number of nitrogens with zero attached hydrogens (tertiary/aromatic N) is 1. The second-order valence-electron chi connectivity index (χ2n) is 5.83. The number of carbonyl (C=O) groups is 1. The minimum absolute atomic E-state index is 0.225. The van der Waals surface area contributed by atoms with Crippen molar-refractivity contribution < 1.29 is 17.9 Å². The quantitative estimate of drug-likeness (QED) is 0.714. The van der Waals surface area contributed by atoms with E-state index in [9.17, 15) is 13.2 Å². The normalized spacial score (nSPS) is 12.3. The summed E-state index contributed by atoms with van der Waals surface area (Å²) in [5, 5.41) is 3.27. The van der Waals surface area contributed by atoms with Gasteiger partial charge < -0.3 is 10.1 Å². The van der Waals surface area contributed by atoms with Crippen LogP contribution in [-0.2, 0) is 14.8 Å². The van der Waals surface area contributed by atoms with Crippen molar-refractivity contribution in [3.8, 4) is 5.75 Å². The Morgan fingerprint density at radius 1 is 1.19 bits per heavy atom. The first-order valence-electron chi connectivity index (χ1n) is 8.06. The van der Waals surface area contributed by atoms with E-state index >= 15 is 0 Å². The molecule has 0 heterocycles. The molecule has 0 spiro atoms. The molecule has 0 bridgehead atoms. The van der Waals surface area contributed by atoms with Crippen molar-refractivity contribution in [1.82, 2.24) is 0 Å². The molecule has 0 fully saturated rings. The fourth-order valence-corrected chi connectivity index (χ4v) is 4.36. The molecule has 1 N–H and O–H groups in total. The number of halogens is 2. The topological polar surface area (TPSA) is 75.7 Å². The van der Waals surface area contributed by atoms with Crippen molar-refractivity contribution in [1.29, 1.82) is 0 Å². The summed E-state index contributed by atoms with van der Waals surface area (Å²) in [5.41, 5.74) is 0.720. The fourth-order valence-electron chi connectivity index (χ4n) is 2.65. The van der Waals surface area contributed by atoms with Crippen LogP contribution in [0.5, 0.6) is 5.75 Å². The maximum atomic E-state index is 12.9. The zero-order valence-corrected chi connectivity index (χ0v) is 17.4. The second kappa shape index (κ2) is 8.82. The lowest BCUT2D eigenvalue weighted by Crippen LogP contribution is -2.47. The minimum atomic E-state index is -3.78. The van der Waals surface area contributed by atoms with Crippen molar-refractivity contribution in [2.45, 2.75) is 19.4 Å². The summed E-state index contributed by atoms with van der Waals surface area (Å²) < 4.78 is 31.1. The van der Waals surface area contributed by atoms with Crippen LogP contribution in [0.3, 0.4) is 0 Å². The lowest BCUT2D eigenvalue weighted by Gasteiger charge is -2.30. The predicted octanol–water partition coefficient (Wildman–Crippen LogP) is 4.19. The van der Waals surface area contributed by atoms with Gasteiger partial charge in [0.1, 0.15) is 11.8 Å². The highest BCUT2D eigenvalue weighted by Gasteiger charge is 2.32. The molecule has 0 aliphatic rings. The first-order chi connectivity index (χ1) is 12.7. The van der Waals surface area contributed by atoms with Gasteiger partial charge in [0.25, 0.3) is 0 Å². The van der Waals surface area contributed by atoms with E-state index in [0.717, 1.165) is 10.6 Å². The van der Waals surface area contributed by atoms with Crippen LogP contribution in [0.15, 0.2) is 42.5 Å². The van der Waals surface area contributed by atoms with Crippen LogP contribution in [-0.4, -0.2) is 33.7 Å². The molecule has 9 heteroatoms. The van der Waals surface area contributed by atoms with Crippen molar-refractivity contribution in [3.63, 3.8) is 0 Å². The number of sulfonamides is 1. The maximum absolute atomic E-state index is 12.9. The van der Waals surface area contributed by atoms with E-state index in [-0.39, 0.29) is 22.2 Å². The number of carbonyl (C=O) groups excluding carboxylic acids is 1. The fraction of sp³-hybridized carbons (Fsp3) is 0.278. The van der Waals surface area contributed by atoms with Gasteiger partial charge in [-0.3, -0.25) is 9.10 Å². The summed E-state index contributed by atoms with van der Waals surface area (Å²) in [6.45, 7) is 1.72. The second-order valence-corrected chi connectivity index (χ2v) is 8.56. The molecule has 2 rings (SSSR count). The molecule has 0 aliphatic heterocycles. The third-order valence-corrected chi connectivity index (χ3v) is 5.39. The summed E-state index contributed by atoms with van der Waals surface area (Å²) in [6, 6.07) is 10.2. The van der Waals surface area contributed by atoms with Gasteiger partial charge in [0, 0.05) is 21.8 Å². The third-order valence-electron chi connectivity index (χ3n) is 3.77. The third kappa shape index (κ3) is 5.51. The Hall–Kier alpha value is -1.96. The molecule has 2 aromatic rings. The molecule has 1 atom stereocenters. The number of benzene rings is 2. The molecule has 0 saturated heterocycles. The molecule has 0 saturated carbocycles. The highest BCUT2D eigenvalue weighted by Crippen LogP contribution is 2.30. The number of rotatable bonds is 7. The molecule has 0 aliphatic carbocycles. The van der Waals surface area contributed by atoms with E-state index in [1.165, 1.54) is 25.3 Å². The molecule has 0 radical (unpaired) electrons. The largest absolute Gasteiger partial charge is 0.497 e. The monoisotopic (exact) mass is 430 g/mol. The Morgan fingerprint density at radius 3 is 2.33 bits per heavy atom. The van der Waals surface area contributed by atoms with Gasteiger partial charge in [-0.1, -0.05) is 36.2 Å². The first-order valence-corrected chi connectivity index (χ1v) is 10.7. The van der Waals surface area contributed by atoms with Crippen molar-refractivity contribution in [2.75, 3.05) is 23.0 Å². The van der Waals surface area contributed by atoms with Crippen LogP contribution < -0.4 is 14.4 Å². The number of anilines is 2. The molecule has 6 nitrogen and oxygen atoms in total. The van der Waals surface area contributed by atoms with E-state index in [0.29, 0.717) is 11.4 Å². The van der Waals surface area contributed by atoms with E-state index < -0.39 is 22.0 Å². The lowest BCUT2D eigenvalue weighted by atomic mass is 10.1. The summed E-state index contributed by atoms with van der Waals surface area (Å²) in [7, 11) is -2.26. The van der Waals surface area contributed by atoms with Gasteiger partial charge in [0.2, 0.25) is 15.9 Å². The molecular formula is C18H20Cl2N2O4S. The average Bonchev–Trinajstić information content (AvgIpc) is 2.57. The molecule has 146 valence electrons. The van der Waals surface area contributed by atoms with Crippen LogP contribution in [0.25, 0.3) is 0 Å². The average molecular weight is 431 g/mol. The number of amides is 1. The van der Waals surface area contributed by atoms with Crippen LogP contribution in [0.4, 0.5) is 11.4 Å². The first kappa shape index (κ1) is 21.3. The number of ether oxygens (including phenoxy) is 1. The van der Waals surface area contributed by atoms with Gasteiger partial charge >= 0.3 is 0 Å². The van der Waals surface area contributed by atoms with Crippen molar-refractivity contribution >= 4 is 50.5 Å². The maximum Gasteiger partial charge on any atom is 0.248 e. The summed E-state index contributed by atoms with van der Waals surface area (Å²) in [5.74, 6) is 0.0923. The zero-order chi connectivity index (χ0) is 20.2. The Kier molecular flexibility index (Phi) is 6.97. The van der Waals surface area contributed by atoms with Crippen LogP contribution >= 0.6 is 23.2 Å². The Labute approximate surface area is 169 Å². The number of hydrogen-bond acceptors (Lipinski definition) is 4. The Balaban J connectivity index is 2.41. The number of nitrogens with one attached hydrogen (secondary N) is 1. The van der Waals surface area contributed by atoms with Gasteiger partial charge in [-0.15, -0.1) is 0 Å². The molecule has 27 heavy (non-hydrogen) atoms. The summed E-state index contributed by atoms with van der Waals surface area (Å²) >= 11 is 12.0. The predicted molar refractivity (Wildman–Crippen MR) is 109 cm³/mol. The molecule has 2 aromatic carbocycles. The number of hydrogen-bond donors (Lipinski definition) is 1. The van der Waals surface area contributed by atoms with Gasteiger partial charge in [-0.2, -0.15) is 0 Å². The van der Waals surface area contributed by atoms with Gasteiger partial charge in [-0.25, -0.2) is 8.42 Å². The van der Waals surface area contributed by atoms with E-state index in [4.69, 9.17) is 27.9 Å². The van der Waals surface area contributed by atoms with E-state index in [2.05, 4.69) is 5.32 Å². The Bertz CT molecular complexity index is 914. The number of methoxy groups -OCH3 is 1. The lowest BCUT2D eigenvalue weighted by molar-refractivity contribution is -0.117.